The minimum absolute atomic E-state index is 0.343. The van der Waals surface area contributed by atoms with Crippen LogP contribution in [-0.2, 0) is 6.18 Å². The van der Waals surface area contributed by atoms with Gasteiger partial charge in [-0.2, -0.15) is 13.2 Å². The molecule has 0 aliphatic carbocycles. The Bertz CT molecular complexity index is 711. The van der Waals surface area contributed by atoms with Crippen molar-refractivity contribution in [2.24, 2.45) is 0 Å². The molecule has 3 rings (SSSR count). The summed E-state index contributed by atoms with van der Waals surface area (Å²) in [7, 11) is 0. The molecule has 0 amide bonds. The molecule has 5 nitrogen and oxygen atoms in total. The molecule has 25 heavy (non-hydrogen) atoms. The van der Waals surface area contributed by atoms with Gasteiger partial charge in [-0.15, -0.1) is 0 Å². The molecule has 0 bridgehead atoms. The molecular formula is C17H20F3N5. The Morgan fingerprint density at radius 2 is 1.84 bits per heavy atom. The maximum Gasteiger partial charge on any atom is 0.416 e. The third-order valence-corrected chi connectivity index (χ3v) is 4.26. The lowest BCUT2D eigenvalue weighted by Crippen LogP contribution is -2.46. The number of alkyl halides is 3. The van der Waals surface area contributed by atoms with E-state index in [2.05, 4.69) is 32.0 Å². The zero-order valence-corrected chi connectivity index (χ0v) is 13.9. The van der Waals surface area contributed by atoms with Crippen LogP contribution in [0.2, 0.25) is 0 Å². The molecule has 134 valence electrons. The topological polar surface area (TPSA) is 44.3 Å². The molecule has 2 aromatic rings. The summed E-state index contributed by atoms with van der Waals surface area (Å²) in [6.45, 7) is 6.84. The Morgan fingerprint density at radius 3 is 2.52 bits per heavy atom. The van der Waals surface area contributed by atoms with Gasteiger partial charge in [0.25, 0.3) is 0 Å². The molecule has 0 atom stereocenters. The summed E-state index contributed by atoms with van der Waals surface area (Å²) in [5, 5.41) is 2.93. The van der Waals surface area contributed by atoms with Crippen molar-refractivity contribution in [1.82, 2.24) is 14.9 Å². The lowest BCUT2D eigenvalue weighted by atomic mass is 10.2. The minimum atomic E-state index is -4.37. The van der Waals surface area contributed by atoms with Crippen molar-refractivity contribution in [3.63, 3.8) is 0 Å². The van der Waals surface area contributed by atoms with E-state index in [1.165, 1.54) is 12.4 Å². The summed E-state index contributed by atoms with van der Waals surface area (Å²) in [6.07, 6.45) is -2.94. The van der Waals surface area contributed by atoms with Gasteiger partial charge in [-0.05, 0) is 24.7 Å². The van der Waals surface area contributed by atoms with Gasteiger partial charge in [-0.3, -0.25) is 0 Å². The van der Waals surface area contributed by atoms with Gasteiger partial charge in [0.1, 0.15) is 18.0 Å². The number of anilines is 3. The lowest BCUT2D eigenvalue weighted by molar-refractivity contribution is -0.137. The highest BCUT2D eigenvalue weighted by Gasteiger charge is 2.30. The van der Waals surface area contributed by atoms with E-state index >= 15 is 0 Å². The number of halogens is 3. The van der Waals surface area contributed by atoms with Crippen molar-refractivity contribution in [1.29, 1.82) is 0 Å². The summed E-state index contributed by atoms with van der Waals surface area (Å²) in [4.78, 5) is 12.9. The van der Waals surface area contributed by atoms with Gasteiger partial charge in [-0.25, -0.2) is 9.97 Å². The average molecular weight is 351 g/mol. The molecule has 1 aliphatic heterocycles. The fourth-order valence-corrected chi connectivity index (χ4v) is 2.80. The number of nitrogens with one attached hydrogen (secondary N) is 1. The van der Waals surface area contributed by atoms with E-state index in [9.17, 15) is 13.2 Å². The molecule has 0 spiro atoms. The molecular weight excluding hydrogens is 331 g/mol. The molecule has 1 aromatic heterocycles. The number of likely N-dealkylation sites (N-methyl/N-ethyl adjacent to an activating group) is 1. The number of rotatable bonds is 4. The SMILES string of the molecule is CCN1CCN(c2cc(Nc3cccc(C(F)(F)F)c3)ncn2)CC1. The van der Waals surface area contributed by atoms with Crippen LogP contribution in [0.25, 0.3) is 0 Å². The molecule has 0 radical (unpaired) electrons. The summed E-state index contributed by atoms with van der Waals surface area (Å²) in [5.74, 6) is 1.25. The van der Waals surface area contributed by atoms with E-state index in [0.717, 1.165) is 50.7 Å². The zero-order chi connectivity index (χ0) is 17.9. The van der Waals surface area contributed by atoms with E-state index in [1.807, 2.05) is 0 Å². The second kappa shape index (κ2) is 7.26. The van der Waals surface area contributed by atoms with Crippen molar-refractivity contribution >= 4 is 17.3 Å². The smallest absolute Gasteiger partial charge is 0.354 e. The van der Waals surface area contributed by atoms with Crippen molar-refractivity contribution in [2.75, 3.05) is 42.9 Å². The van der Waals surface area contributed by atoms with Gasteiger partial charge >= 0.3 is 6.18 Å². The second-order valence-corrected chi connectivity index (χ2v) is 5.89. The number of piperazine rings is 1. The van der Waals surface area contributed by atoms with E-state index in [-0.39, 0.29) is 0 Å². The molecule has 2 heterocycles. The van der Waals surface area contributed by atoms with E-state index in [0.29, 0.717) is 11.5 Å². The fraction of sp³-hybridized carbons (Fsp3) is 0.412. The second-order valence-electron chi connectivity index (χ2n) is 5.89. The molecule has 1 aliphatic rings. The molecule has 8 heteroatoms. The quantitative estimate of drug-likeness (QED) is 0.915. The monoisotopic (exact) mass is 351 g/mol. The average Bonchev–Trinajstić information content (AvgIpc) is 2.61. The van der Waals surface area contributed by atoms with Crippen LogP contribution in [0.1, 0.15) is 12.5 Å². The third-order valence-electron chi connectivity index (χ3n) is 4.26. The fourth-order valence-electron chi connectivity index (χ4n) is 2.80. The van der Waals surface area contributed by atoms with Crippen molar-refractivity contribution in [2.45, 2.75) is 13.1 Å². The number of nitrogens with zero attached hydrogens (tertiary/aromatic N) is 4. The molecule has 1 fully saturated rings. The van der Waals surface area contributed by atoms with Gasteiger partial charge in [-0.1, -0.05) is 13.0 Å². The number of hydrogen-bond donors (Lipinski definition) is 1. The van der Waals surface area contributed by atoms with Crippen LogP contribution in [0.4, 0.5) is 30.5 Å². The van der Waals surface area contributed by atoms with Crippen LogP contribution in [0.15, 0.2) is 36.7 Å². The lowest BCUT2D eigenvalue weighted by Gasteiger charge is -2.34. The highest BCUT2D eigenvalue weighted by Crippen LogP contribution is 2.31. The van der Waals surface area contributed by atoms with Crippen LogP contribution >= 0.6 is 0 Å². The van der Waals surface area contributed by atoms with Gasteiger partial charge in [0.2, 0.25) is 0 Å². The molecule has 1 aromatic carbocycles. The van der Waals surface area contributed by atoms with Crippen LogP contribution in [0, 0.1) is 0 Å². The van der Waals surface area contributed by atoms with Crippen molar-refractivity contribution < 1.29 is 13.2 Å². The Labute approximate surface area is 144 Å². The first-order chi connectivity index (χ1) is 12.0. The molecule has 0 saturated carbocycles. The zero-order valence-electron chi connectivity index (χ0n) is 13.9. The first kappa shape index (κ1) is 17.5. The predicted octanol–water partition coefficient (Wildman–Crippen LogP) is 3.38. The maximum atomic E-state index is 12.8. The Kier molecular flexibility index (Phi) is 5.08. The normalized spacial score (nSPS) is 16.1. The highest BCUT2D eigenvalue weighted by atomic mass is 19.4. The Hall–Kier alpha value is -2.35. The van der Waals surface area contributed by atoms with Gasteiger partial charge in [0.05, 0.1) is 5.56 Å². The van der Waals surface area contributed by atoms with E-state index in [4.69, 9.17) is 0 Å². The van der Waals surface area contributed by atoms with Gasteiger partial charge in [0.15, 0.2) is 0 Å². The predicted molar refractivity (Wildman–Crippen MR) is 91.1 cm³/mol. The highest BCUT2D eigenvalue weighted by molar-refractivity contribution is 5.60. The molecule has 0 unspecified atom stereocenters. The van der Waals surface area contributed by atoms with Gasteiger partial charge < -0.3 is 15.1 Å². The first-order valence-corrected chi connectivity index (χ1v) is 8.19. The van der Waals surface area contributed by atoms with Crippen molar-refractivity contribution in [3.05, 3.63) is 42.2 Å². The number of benzene rings is 1. The molecule has 1 N–H and O–H groups in total. The Balaban J connectivity index is 1.72. The summed E-state index contributed by atoms with van der Waals surface area (Å²) >= 11 is 0. The number of hydrogen-bond acceptors (Lipinski definition) is 5. The minimum Gasteiger partial charge on any atom is -0.354 e. The summed E-state index contributed by atoms with van der Waals surface area (Å²) < 4.78 is 38.4. The summed E-state index contributed by atoms with van der Waals surface area (Å²) in [6, 6.07) is 6.84. The van der Waals surface area contributed by atoms with E-state index < -0.39 is 11.7 Å². The van der Waals surface area contributed by atoms with Crippen molar-refractivity contribution in [3.8, 4) is 0 Å². The first-order valence-electron chi connectivity index (χ1n) is 8.19. The third kappa shape index (κ3) is 4.39. The van der Waals surface area contributed by atoms with Crippen LogP contribution in [0.3, 0.4) is 0 Å². The summed E-state index contributed by atoms with van der Waals surface area (Å²) in [5.41, 5.74) is -0.349. The van der Waals surface area contributed by atoms with Crippen LogP contribution in [-0.4, -0.2) is 47.6 Å². The van der Waals surface area contributed by atoms with Gasteiger partial charge in [0, 0.05) is 37.9 Å². The van der Waals surface area contributed by atoms with Crippen LogP contribution in [0.5, 0.6) is 0 Å². The van der Waals surface area contributed by atoms with E-state index in [1.54, 1.807) is 12.1 Å². The standard InChI is InChI=1S/C17H20F3N5/c1-2-24-6-8-25(9-7-24)16-11-15(21-12-22-16)23-14-5-3-4-13(10-14)17(18,19)20/h3-5,10-12H,2,6-9H2,1H3,(H,21,22,23). The van der Waals surface area contributed by atoms with Crippen LogP contribution < -0.4 is 10.2 Å². The number of aromatic nitrogens is 2. The Morgan fingerprint density at radius 1 is 1.08 bits per heavy atom. The maximum absolute atomic E-state index is 12.8. The molecule has 1 saturated heterocycles. The largest absolute Gasteiger partial charge is 0.416 e.